The van der Waals surface area contributed by atoms with Crippen molar-refractivity contribution < 1.29 is 4.79 Å². The number of benzene rings is 1. The van der Waals surface area contributed by atoms with Gasteiger partial charge in [0.1, 0.15) is 0 Å². The van der Waals surface area contributed by atoms with Crippen LogP contribution >= 0.6 is 11.6 Å². The lowest BCUT2D eigenvalue weighted by Gasteiger charge is -2.33. The van der Waals surface area contributed by atoms with Gasteiger partial charge in [-0.3, -0.25) is 9.78 Å². The zero-order chi connectivity index (χ0) is 16.5. The number of piperidine rings is 1. The maximum absolute atomic E-state index is 13.1. The van der Waals surface area contributed by atoms with Gasteiger partial charge in [0.15, 0.2) is 0 Å². The van der Waals surface area contributed by atoms with Crippen molar-refractivity contribution in [3.05, 3.63) is 59.8 Å². The number of nitrogens with zero attached hydrogens (tertiary/aromatic N) is 4. The van der Waals surface area contributed by atoms with Crippen molar-refractivity contribution in [2.75, 3.05) is 13.1 Å². The minimum atomic E-state index is -0.00832. The third kappa shape index (κ3) is 2.76. The van der Waals surface area contributed by atoms with E-state index in [1.807, 2.05) is 35.6 Å². The first-order chi connectivity index (χ1) is 11.7. The normalized spacial score (nSPS) is 18.0. The van der Waals surface area contributed by atoms with Crippen LogP contribution in [0.5, 0.6) is 0 Å². The molecule has 5 nitrogen and oxygen atoms in total. The Kier molecular flexibility index (Phi) is 3.94. The molecular formula is C18H17ClN4O. The van der Waals surface area contributed by atoms with E-state index in [0.717, 1.165) is 24.8 Å². The van der Waals surface area contributed by atoms with Crippen LogP contribution in [0.25, 0.3) is 10.9 Å². The van der Waals surface area contributed by atoms with Gasteiger partial charge in [0.25, 0.3) is 5.91 Å². The zero-order valence-corrected chi connectivity index (χ0v) is 13.9. The predicted molar refractivity (Wildman–Crippen MR) is 93.2 cm³/mol. The van der Waals surface area contributed by atoms with Crippen LogP contribution in [0, 0.1) is 0 Å². The van der Waals surface area contributed by atoms with Gasteiger partial charge in [-0.25, -0.2) is 4.98 Å². The molecule has 1 amide bonds. The van der Waals surface area contributed by atoms with Crippen molar-refractivity contribution in [2.24, 2.45) is 0 Å². The van der Waals surface area contributed by atoms with E-state index in [9.17, 15) is 4.79 Å². The first kappa shape index (κ1) is 15.1. The average molecular weight is 341 g/mol. The number of carbonyl (C=O) groups is 1. The van der Waals surface area contributed by atoms with Crippen LogP contribution in [0.1, 0.15) is 29.2 Å². The maximum atomic E-state index is 13.1. The quantitative estimate of drug-likeness (QED) is 0.716. The molecule has 0 N–H and O–H groups in total. The second-order valence-electron chi connectivity index (χ2n) is 6.09. The SMILES string of the molecule is O=C(c1cc(Cl)cc2cccnc12)N1CCC[C@@H](n2ccnc2)C1. The number of pyridine rings is 1. The van der Waals surface area contributed by atoms with E-state index in [1.54, 1.807) is 18.5 Å². The molecule has 0 spiro atoms. The fourth-order valence-electron chi connectivity index (χ4n) is 3.36. The number of aromatic nitrogens is 3. The second-order valence-corrected chi connectivity index (χ2v) is 6.52. The van der Waals surface area contributed by atoms with Crippen LogP contribution in [0.4, 0.5) is 0 Å². The molecule has 6 heteroatoms. The molecule has 3 heterocycles. The van der Waals surface area contributed by atoms with Crippen LogP contribution in [-0.4, -0.2) is 38.4 Å². The lowest BCUT2D eigenvalue weighted by molar-refractivity contribution is 0.0681. The standard InChI is InChI=1S/C18H17ClN4O/c19-14-9-13-3-1-5-21-17(13)16(10-14)18(24)22-7-2-4-15(11-22)23-8-6-20-12-23/h1,3,5-6,8-10,12,15H,2,4,7,11H2/t15-/m1/s1. The first-order valence-corrected chi connectivity index (χ1v) is 8.41. The van der Waals surface area contributed by atoms with Gasteiger partial charge in [-0.1, -0.05) is 17.7 Å². The van der Waals surface area contributed by atoms with Crippen LogP contribution < -0.4 is 0 Å². The zero-order valence-electron chi connectivity index (χ0n) is 13.1. The van der Waals surface area contributed by atoms with Gasteiger partial charge >= 0.3 is 0 Å². The summed E-state index contributed by atoms with van der Waals surface area (Å²) in [5.74, 6) is -0.00832. The van der Waals surface area contributed by atoms with Gasteiger partial charge in [0.2, 0.25) is 0 Å². The highest BCUT2D eigenvalue weighted by Crippen LogP contribution is 2.27. The van der Waals surface area contributed by atoms with E-state index in [1.165, 1.54) is 0 Å². The predicted octanol–water partition coefficient (Wildman–Crippen LogP) is 3.56. The van der Waals surface area contributed by atoms with E-state index in [-0.39, 0.29) is 11.9 Å². The summed E-state index contributed by atoms with van der Waals surface area (Å²) in [6.07, 6.45) is 9.27. The minimum absolute atomic E-state index is 0.00832. The van der Waals surface area contributed by atoms with Gasteiger partial charge in [0.05, 0.1) is 23.4 Å². The van der Waals surface area contributed by atoms with Gasteiger partial charge in [-0.15, -0.1) is 0 Å². The fraction of sp³-hybridized carbons (Fsp3) is 0.278. The molecule has 0 aliphatic carbocycles. The van der Waals surface area contributed by atoms with Crippen LogP contribution in [0.2, 0.25) is 5.02 Å². The highest BCUT2D eigenvalue weighted by molar-refractivity contribution is 6.32. The lowest BCUT2D eigenvalue weighted by atomic mass is 10.0. The average Bonchev–Trinajstić information content (AvgIpc) is 3.15. The van der Waals surface area contributed by atoms with E-state index >= 15 is 0 Å². The molecule has 0 unspecified atom stereocenters. The third-order valence-corrected chi connectivity index (χ3v) is 4.75. The van der Waals surface area contributed by atoms with Crippen molar-refractivity contribution >= 4 is 28.4 Å². The van der Waals surface area contributed by atoms with Crippen molar-refractivity contribution in [2.45, 2.75) is 18.9 Å². The Morgan fingerprint density at radius 2 is 2.21 bits per heavy atom. The van der Waals surface area contributed by atoms with Crippen molar-refractivity contribution in [3.63, 3.8) is 0 Å². The molecule has 4 rings (SSSR count). The van der Waals surface area contributed by atoms with Crippen molar-refractivity contribution in [1.29, 1.82) is 0 Å². The van der Waals surface area contributed by atoms with E-state index in [4.69, 9.17) is 11.6 Å². The number of fused-ring (bicyclic) bond motifs is 1. The Morgan fingerprint density at radius 1 is 1.29 bits per heavy atom. The largest absolute Gasteiger partial charge is 0.337 e. The summed E-state index contributed by atoms with van der Waals surface area (Å²) >= 11 is 6.21. The molecule has 2 aromatic heterocycles. The summed E-state index contributed by atoms with van der Waals surface area (Å²) in [5.41, 5.74) is 1.28. The van der Waals surface area contributed by atoms with Gasteiger partial charge in [-0.2, -0.15) is 0 Å². The summed E-state index contributed by atoms with van der Waals surface area (Å²) < 4.78 is 2.08. The van der Waals surface area contributed by atoms with Crippen molar-refractivity contribution in [1.82, 2.24) is 19.4 Å². The monoisotopic (exact) mass is 340 g/mol. The number of hydrogen-bond donors (Lipinski definition) is 0. The molecule has 0 bridgehead atoms. The summed E-state index contributed by atoms with van der Waals surface area (Å²) in [6, 6.07) is 7.60. The fourth-order valence-corrected chi connectivity index (χ4v) is 3.58. The molecule has 1 aliphatic rings. The Morgan fingerprint density at radius 3 is 3.04 bits per heavy atom. The highest BCUT2D eigenvalue weighted by Gasteiger charge is 2.26. The smallest absolute Gasteiger partial charge is 0.256 e. The molecule has 1 aromatic carbocycles. The Hall–Kier alpha value is -2.40. The Balaban J connectivity index is 1.66. The summed E-state index contributed by atoms with van der Waals surface area (Å²) in [5, 5.41) is 1.44. The molecule has 122 valence electrons. The number of carbonyl (C=O) groups excluding carboxylic acids is 1. The van der Waals surface area contributed by atoms with Gasteiger partial charge in [0, 0.05) is 42.1 Å². The highest BCUT2D eigenvalue weighted by atomic mass is 35.5. The van der Waals surface area contributed by atoms with Crippen molar-refractivity contribution in [3.8, 4) is 0 Å². The molecule has 0 saturated carbocycles. The number of imidazole rings is 1. The molecule has 1 atom stereocenters. The minimum Gasteiger partial charge on any atom is -0.337 e. The van der Waals surface area contributed by atoms with E-state index in [0.29, 0.717) is 22.6 Å². The van der Waals surface area contributed by atoms with Crippen LogP contribution in [-0.2, 0) is 0 Å². The number of hydrogen-bond acceptors (Lipinski definition) is 3. The number of rotatable bonds is 2. The molecular weight excluding hydrogens is 324 g/mol. The molecule has 1 aliphatic heterocycles. The summed E-state index contributed by atoms with van der Waals surface area (Å²) in [6.45, 7) is 1.43. The van der Waals surface area contributed by atoms with Crippen LogP contribution in [0.15, 0.2) is 49.2 Å². The van der Waals surface area contributed by atoms with E-state index in [2.05, 4.69) is 14.5 Å². The second kappa shape index (κ2) is 6.24. The third-order valence-electron chi connectivity index (χ3n) is 4.53. The topological polar surface area (TPSA) is 51.0 Å². The molecule has 1 fully saturated rings. The van der Waals surface area contributed by atoms with Gasteiger partial charge < -0.3 is 9.47 Å². The molecule has 0 radical (unpaired) electrons. The maximum Gasteiger partial charge on any atom is 0.256 e. The number of amides is 1. The molecule has 3 aromatic rings. The molecule has 1 saturated heterocycles. The Labute approximate surface area is 144 Å². The lowest BCUT2D eigenvalue weighted by Crippen LogP contribution is -2.40. The van der Waals surface area contributed by atoms with E-state index < -0.39 is 0 Å². The Bertz CT molecular complexity index is 878. The first-order valence-electron chi connectivity index (χ1n) is 8.03. The molecule has 24 heavy (non-hydrogen) atoms. The van der Waals surface area contributed by atoms with Crippen LogP contribution in [0.3, 0.4) is 0 Å². The summed E-state index contributed by atoms with van der Waals surface area (Å²) in [7, 11) is 0. The van der Waals surface area contributed by atoms with Gasteiger partial charge in [-0.05, 0) is 31.0 Å². The summed E-state index contributed by atoms with van der Waals surface area (Å²) in [4.78, 5) is 23.5. The number of halogens is 1. The number of likely N-dealkylation sites (tertiary alicyclic amines) is 1.